The molecule has 1 saturated heterocycles. The molecule has 1 aromatic rings. The van der Waals surface area contributed by atoms with E-state index in [0.717, 1.165) is 18.8 Å². The summed E-state index contributed by atoms with van der Waals surface area (Å²) in [4.78, 5) is 8.48. The maximum atomic E-state index is 4.36. The van der Waals surface area contributed by atoms with Gasteiger partial charge < -0.3 is 5.32 Å². The highest BCUT2D eigenvalue weighted by molar-refractivity contribution is 5.06. The molecule has 3 N–H and O–H groups in total. The fourth-order valence-corrected chi connectivity index (χ4v) is 1.95. The first-order valence-corrected chi connectivity index (χ1v) is 6.05. The predicted molar refractivity (Wildman–Crippen MR) is 67.2 cm³/mol. The zero-order valence-corrected chi connectivity index (χ0v) is 10.7. The molecule has 17 heavy (non-hydrogen) atoms. The molecular formula is C12H21N5. The molecule has 2 atom stereocenters. The molecule has 5 nitrogen and oxygen atoms in total. The highest BCUT2D eigenvalue weighted by Gasteiger charge is 2.29. The summed E-state index contributed by atoms with van der Waals surface area (Å²) in [6, 6.07) is 0.235. The summed E-state index contributed by atoms with van der Waals surface area (Å²) in [5.74, 6) is 0.492. The molecular weight excluding hydrogens is 214 g/mol. The van der Waals surface area contributed by atoms with E-state index in [2.05, 4.69) is 46.9 Å². The minimum absolute atomic E-state index is 0.148. The molecule has 2 unspecified atom stereocenters. The van der Waals surface area contributed by atoms with E-state index >= 15 is 0 Å². The van der Waals surface area contributed by atoms with Crippen LogP contribution in [0.25, 0.3) is 0 Å². The highest BCUT2D eigenvalue weighted by atomic mass is 15.4. The number of rotatable bonds is 3. The lowest BCUT2D eigenvalue weighted by Crippen LogP contribution is -2.40. The summed E-state index contributed by atoms with van der Waals surface area (Å²) in [5, 5.41) is 3.54. The summed E-state index contributed by atoms with van der Waals surface area (Å²) in [5.41, 5.74) is 7.61. The average molecular weight is 235 g/mol. The Hall–Kier alpha value is -1.04. The van der Waals surface area contributed by atoms with Gasteiger partial charge in [-0.15, -0.1) is 0 Å². The zero-order chi connectivity index (χ0) is 12.3. The van der Waals surface area contributed by atoms with Crippen molar-refractivity contribution in [3.8, 4) is 0 Å². The average Bonchev–Trinajstić information content (AvgIpc) is 2.75. The van der Waals surface area contributed by atoms with E-state index in [1.54, 1.807) is 12.4 Å². The van der Waals surface area contributed by atoms with Crippen molar-refractivity contribution >= 4 is 0 Å². The van der Waals surface area contributed by atoms with Crippen molar-refractivity contribution in [1.29, 1.82) is 0 Å². The van der Waals surface area contributed by atoms with Gasteiger partial charge in [0.25, 0.3) is 0 Å². The molecule has 0 amide bonds. The number of aromatic nitrogens is 2. The van der Waals surface area contributed by atoms with E-state index in [-0.39, 0.29) is 11.6 Å². The Morgan fingerprint density at radius 1 is 1.41 bits per heavy atom. The fourth-order valence-electron chi connectivity index (χ4n) is 1.95. The quantitative estimate of drug-likeness (QED) is 0.717. The first kappa shape index (κ1) is 12.4. The van der Waals surface area contributed by atoms with Crippen LogP contribution in [0.5, 0.6) is 0 Å². The number of nitrogens with zero attached hydrogens (tertiary/aromatic N) is 2. The van der Waals surface area contributed by atoms with Gasteiger partial charge in [-0.1, -0.05) is 0 Å². The SMILES string of the molecule is CC(C)(C)NCC1CNNC1c1cnccn1. The second-order valence-corrected chi connectivity index (χ2v) is 5.52. The van der Waals surface area contributed by atoms with Crippen molar-refractivity contribution in [3.05, 3.63) is 24.3 Å². The van der Waals surface area contributed by atoms with Crippen LogP contribution in [0.3, 0.4) is 0 Å². The Labute approximate surface area is 102 Å². The van der Waals surface area contributed by atoms with E-state index in [0.29, 0.717) is 5.92 Å². The van der Waals surface area contributed by atoms with Gasteiger partial charge in [-0.3, -0.25) is 15.4 Å². The summed E-state index contributed by atoms with van der Waals surface area (Å²) in [7, 11) is 0. The first-order valence-electron chi connectivity index (χ1n) is 6.05. The van der Waals surface area contributed by atoms with Crippen LogP contribution < -0.4 is 16.2 Å². The maximum Gasteiger partial charge on any atom is 0.0773 e. The molecule has 0 saturated carbocycles. The lowest BCUT2D eigenvalue weighted by atomic mass is 9.98. The second kappa shape index (κ2) is 5.08. The Kier molecular flexibility index (Phi) is 3.71. The van der Waals surface area contributed by atoms with E-state index in [4.69, 9.17) is 0 Å². The third-order valence-corrected chi connectivity index (χ3v) is 2.89. The monoisotopic (exact) mass is 235 g/mol. The summed E-state index contributed by atoms with van der Waals surface area (Å²) in [6.45, 7) is 8.45. The van der Waals surface area contributed by atoms with Gasteiger partial charge in [0.15, 0.2) is 0 Å². The van der Waals surface area contributed by atoms with Gasteiger partial charge in [-0.05, 0) is 20.8 Å². The summed E-state index contributed by atoms with van der Waals surface area (Å²) < 4.78 is 0. The molecule has 0 spiro atoms. The van der Waals surface area contributed by atoms with Gasteiger partial charge in [0.1, 0.15) is 0 Å². The molecule has 0 aromatic carbocycles. The molecule has 94 valence electrons. The van der Waals surface area contributed by atoms with Crippen molar-refractivity contribution in [2.75, 3.05) is 13.1 Å². The number of hydrogen-bond acceptors (Lipinski definition) is 5. The van der Waals surface area contributed by atoms with Crippen molar-refractivity contribution in [1.82, 2.24) is 26.1 Å². The van der Waals surface area contributed by atoms with Crippen molar-refractivity contribution < 1.29 is 0 Å². The Bertz CT molecular complexity index is 346. The fraction of sp³-hybridized carbons (Fsp3) is 0.667. The molecule has 0 radical (unpaired) electrons. The van der Waals surface area contributed by atoms with Gasteiger partial charge in [0.2, 0.25) is 0 Å². The standard InChI is InChI=1S/C12H21N5/c1-12(2,3)15-6-9-7-16-17-11(9)10-8-13-4-5-14-10/h4-5,8-9,11,15-17H,6-7H2,1-3H3. The minimum atomic E-state index is 0.148. The Balaban J connectivity index is 1.98. The normalized spacial score (nSPS) is 25.1. The number of hydrazine groups is 1. The molecule has 0 aliphatic carbocycles. The molecule has 1 aliphatic heterocycles. The zero-order valence-electron chi connectivity index (χ0n) is 10.7. The van der Waals surface area contributed by atoms with Crippen LogP contribution in [0.1, 0.15) is 32.5 Å². The van der Waals surface area contributed by atoms with Crippen LogP contribution >= 0.6 is 0 Å². The van der Waals surface area contributed by atoms with Gasteiger partial charge in [0, 0.05) is 36.9 Å². The molecule has 1 aromatic heterocycles. The first-order chi connectivity index (χ1) is 8.06. The molecule has 0 bridgehead atoms. The van der Waals surface area contributed by atoms with Gasteiger partial charge in [-0.25, -0.2) is 5.43 Å². The largest absolute Gasteiger partial charge is 0.312 e. The third kappa shape index (κ3) is 3.46. The van der Waals surface area contributed by atoms with Crippen LogP contribution in [-0.4, -0.2) is 28.6 Å². The smallest absolute Gasteiger partial charge is 0.0773 e. The lowest BCUT2D eigenvalue weighted by Gasteiger charge is -2.25. The predicted octanol–water partition coefficient (Wildman–Crippen LogP) is 0.630. The van der Waals surface area contributed by atoms with Crippen LogP contribution in [0.4, 0.5) is 0 Å². The third-order valence-electron chi connectivity index (χ3n) is 2.89. The van der Waals surface area contributed by atoms with Crippen LogP contribution in [0.15, 0.2) is 18.6 Å². The van der Waals surface area contributed by atoms with Crippen LogP contribution in [-0.2, 0) is 0 Å². The molecule has 1 aliphatic rings. The van der Waals surface area contributed by atoms with Crippen molar-refractivity contribution in [2.45, 2.75) is 32.4 Å². The summed E-state index contributed by atoms with van der Waals surface area (Å²) >= 11 is 0. The van der Waals surface area contributed by atoms with Crippen LogP contribution in [0, 0.1) is 5.92 Å². The molecule has 2 heterocycles. The van der Waals surface area contributed by atoms with Crippen molar-refractivity contribution in [2.24, 2.45) is 5.92 Å². The molecule has 2 rings (SSSR count). The molecule has 1 fully saturated rings. The lowest BCUT2D eigenvalue weighted by molar-refractivity contribution is 0.356. The highest BCUT2D eigenvalue weighted by Crippen LogP contribution is 2.22. The minimum Gasteiger partial charge on any atom is -0.312 e. The topological polar surface area (TPSA) is 61.9 Å². The Morgan fingerprint density at radius 3 is 2.88 bits per heavy atom. The Morgan fingerprint density at radius 2 is 2.24 bits per heavy atom. The van der Waals surface area contributed by atoms with Gasteiger partial charge in [-0.2, -0.15) is 0 Å². The van der Waals surface area contributed by atoms with Gasteiger partial charge >= 0.3 is 0 Å². The van der Waals surface area contributed by atoms with E-state index in [9.17, 15) is 0 Å². The number of nitrogens with one attached hydrogen (secondary N) is 3. The van der Waals surface area contributed by atoms with Crippen molar-refractivity contribution in [3.63, 3.8) is 0 Å². The van der Waals surface area contributed by atoms with Crippen LogP contribution in [0.2, 0.25) is 0 Å². The maximum absolute atomic E-state index is 4.36. The van der Waals surface area contributed by atoms with E-state index in [1.807, 2.05) is 6.20 Å². The van der Waals surface area contributed by atoms with Gasteiger partial charge in [0.05, 0.1) is 17.9 Å². The van der Waals surface area contributed by atoms with E-state index < -0.39 is 0 Å². The molecule has 5 heteroatoms. The summed E-state index contributed by atoms with van der Waals surface area (Å²) in [6.07, 6.45) is 5.27. The van der Waals surface area contributed by atoms with E-state index in [1.165, 1.54) is 0 Å². The second-order valence-electron chi connectivity index (χ2n) is 5.52. The number of hydrogen-bond donors (Lipinski definition) is 3.